The van der Waals surface area contributed by atoms with Crippen molar-refractivity contribution >= 4 is 50.5 Å². The van der Waals surface area contributed by atoms with E-state index in [1.165, 1.54) is 0 Å². The second-order valence-electron chi connectivity index (χ2n) is 14.8. The van der Waals surface area contributed by atoms with Crippen LogP contribution in [-0.2, 0) is 14.9 Å². The lowest BCUT2D eigenvalue weighted by atomic mass is 9.76. The molecule has 6 nitrogen and oxygen atoms in total. The summed E-state index contributed by atoms with van der Waals surface area (Å²) in [5.74, 6) is 0.984. The van der Waals surface area contributed by atoms with Crippen molar-refractivity contribution in [1.82, 2.24) is 0 Å². The van der Waals surface area contributed by atoms with Crippen molar-refractivity contribution in [2.45, 2.75) is 26.2 Å². The fourth-order valence-corrected chi connectivity index (χ4v) is 8.58. The van der Waals surface area contributed by atoms with Crippen LogP contribution in [0, 0.1) is 5.92 Å². The average molecular weight is 732 g/mol. The van der Waals surface area contributed by atoms with E-state index in [1.54, 1.807) is 0 Å². The first kappa shape index (κ1) is 33.6. The van der Waals surface area contributed by atoms with Gasteiger partial charge in [0.2, 0.25) is 0 Å². The smallest absolute Gasteiger partial charge is 0.343 e. The molecule has 3 aliphatic heterocycles. The van der Waals surface area contributed by atoms with Crippen LogP contribution in [0.3, 0.4) is 0 Å². The van der Waals surface area contributed by atoms with Crippen LogP contribution in [0.4, 0.5) is 17.1 Å². The van der Waals surface area contributed by atoms with Crippen molar-refractivity contribution in [3.63, 3.8) is 0 Å². The molecule has 0 N–H and O–H groups in total. The van der Waals surface area contributed by atoms with Crippen LogP contribution in [0.5, 0.6) is 11.5 Å². The van der Waals surface area contributed by atoms with Gasteiger partial charge in [0.25, 0.3) is 0 Å². The third-order valence-corrected chi connectivity index (χ3v) is 11.3. The quantitative estimate of drug-likeness (QED) is 0.133. The van der Waals surface area contributed by atoms with Crippen LogP contribution in [0.1, 0.15) is 47.1 Å². The molecule has 0 saturated heterocycles. The Morgan fingerprint density at radius 2 is 1.34 bits per heavy atom. The Bertz CT molecular complexity index is 2870. The van der Waals surface area contributed by atoms with Gasteiger partial charge in [0.1, 0.15) is 5.76 Å². The summed E-state index contributed by atoms with van der Waals surface area (Å²) in [6.45, 7) is 6.29. The fraction of sp³-hybridized carbons (Fsp3) is 0.120. The van der Waals surface area contributed by atoms with Gasteiger partial charge in [-0.2, -0.15) is 0 Å². The highest BCUT2D eigenvalue weighted by Crippen LogP contribution is 2.55. The SMILES string of the molecule is CCOC(=O)c1ccc2ccccc2c1-c1ccc2c(c1)Oc1cc3ccc1N2c1ccccc1C1(C)C=CC(C)C(=C1)OC(=O)c1ccc2ccccc2c1-3. The van der Waals surface area contributed by atoms with E-state index in [1.807, 2.05) is 97.9 Å². The molecular formula is C50H37NO5. The van der Waals surface area contributed by atoms with E-state index < -0.39 is 11.4 Å². The number of para-hydroxylation sites is 1. The van der Waals surface area contributed by atoms with Gasteiger partial charge in [0.05, 0.1) is 34.8 Å². The van der Waals surface area contributed by atoms with Gasteiger partial charge >= 0.3 is 11.9 Å². The van der Waals surface area contributed by atoms with Crippen molar-refractivity contribution in [3.8, 4) is 33.8 Å². The summed E-state index contributed by atoms with van der Waals surface area (Å²) >= 11 is 0. The minimum atomic E-state index is -0.620. The largest absolute Gasteiger partial charge is 0.462 e. The third-order valence-electron chi connectivity index (χ3n) is 11.3. The molecule has 0 saturated carbocycles. The number of hydrogen-bond acceptors (Lipinski definition) is 6. The molecule has 7 aromatic carbocycles. The number of esters is 2. The van der Waals surface area contributed by atoms with Gasteiger partial charge in [-0.1, -0.05) is 110 Å². The van der Waals surface area contributed by atoms with Crippen LogP contribution in [0.15, 0.2) is 157 Å². The second kappa shape index (κ2) is 12.8. The highest BCUT2D eigenvalue weighted by Gasteiger charge is 2.36. The van der Waals surface area contributed by atoms with E-state index in [0.717, 1.165) is 66.4 Å². The Hall–Kier alpha value is -6.92. The first-order valence-electron chi connectivity index (χ1n) is 19.0. The van der Waals surface area contributed by atoms with E-state index in [0.29, 0.717) is 28.4 Å². The molecule has 0 spiro atoms. The Kier molecular flexibility index (Phi) is 7.72. The fourth-order valence-electron chi connectivity index (χ4n) is 8.58. The molecule has 2 unspecified atom stereocenters. The summed E-state index contributed by atoms with van der Waals surface area (Å²) in [6.07, 6.45) is 6.41. The Balaban J connectivity index is 1.26. The molecule has 56 heavy (non-hydrogen) atoms. The van der Waals surface area contributed by atoms with Crippen molar-refractivity contribution in [2.75, 3.05) is 11.5 Å². The minimum Gasteiger partial charge on any atom is -0.462 e. The van der Waals surface area contributed by atoms with Gasteiger partial charge in [0.15, 0.2) is 11.5 Å². The predicted octanol–water partition coefficient (Wildman–Crippen LogP) is 12.6. The number of anilines is 3. The van der Waals surface area contributed by atoms with Crippen LogP contribution < -0.4 is 9.64 Å². The van der Waals surface area contributed by atoms with Crippen molar-refractivity contribution < 1.29 is 23.8 Å². The number of hydrogen-bond donors (Lipinski definition) is 0. The molecule has 0 radical (unpaired) electrons. The third kappa shape index (κ3) is 5.24. The number of carbonyl (C=O) groups is 2. The lowest BCUT2D eigenvalue weighted by Crippen LogP contribution is -2.27. The first-order valence-corrected chi connectivity index (χ1v) is 19.0. The molecule has 3 heterocycles. The highest BCUT2D eigenvalue weighted by molar-refractivity contribution is 6.10. The van der Waals surface area contributed by atoms with Gasteiger partial charge in [-0.05, 0) is 101 Å². The molecule has 0 aromatic heterocycles. The molecule has 0 fully saturated rings. The van der Waals surface area contributed by atoms with Gasteiger partial charge in [-0.25, -0.2) is 9.59 Å². The van der Waals surface area contributed by atoms with Crippen molar-refractivity contribution in [1.29, 1.82) is 0 Å². The Morgan fingerprint density at radius 3 is 2.05 bits per heavy atom. The number of allylic oxidation sites excluding steroid dienone is 3. The van der Waals surface area contributed by atoms with E-state index in [2.05, 4.69) is 79.4 Å². The second-order valence-corrected chi connectivity index (χ2v) is 14.8. The van der Waals surface area contributed by atoms with Crippen LogP contribution >= 0.6 is 0 Å². The molecule has 272 valence electrons. The summed E-state index contributed by atoms with van der Waals surface area (Å²) in [5.41, 5.74) is 7.27. The lowest BCUT2D eigenvalue weighted by Gasteiger charge is -2.38. The normalized spacial score (nSPS) is 17.9. The van der Waals surface area contributed by atoms with Gasteiger partial charge < -0.3 is 19.1 Å². The molecule has 7 aromatic rings. The van der Waals surface area contributed by atoms with Crippen molar-refractivity contribution in [2.24, 2.45) is 5.92 Å². The van der Waals surface area contributed by atoms with E-state index in [-0.39, 0.29) is 18.5 Å². The average Bonchev–Trinajstić information content (AvgIpc) is 3.22. The Labute approximate surface area is 324 Å². The van der Waals surface area contributed by atoms with Crippen LogP contribution in [0.25, 0.3) is 43.8 Å². The summed E-state index contributed by atoms with van der Waals surface area (Å²) in [5, 5.41) is 3.91. The number of carbonyl (C=O) groups excluding carboxylic acids is 2. The van der Waals surface area contributed by atoms with E-state index in [4.69, 9.17) is 14.2 Å². The molecule has 6 bridgehead atoms. The van der Waals surface area contributed by atoms with E-state index in [9.17, 15) is 9.59 Å². The zero-order valence-electron chi connectivity index (χ0n) is 31.2. The zero-order chi connectivity index (χ0) is 38.1. The predicted molar refractivity (Wildman–Crippen MR) is 222 cm³/mol. The standard InChI is InChI=1S/C50H37NO5/c1-4-54-48(52)37-21-17-31-11-5-7-13-35(31)46(37)33-19-23-41-43(27-33)55-44-28-34-20-24-42(44)51(41)40-16-10-9-15-39(40)50(3)26-25-30(2)45(29-50)56-49(53)38-22-18-32-12-6-8-14-36(32)47(34)38/h5-30H,4H2,1-3H3. The van der Waals surface area contributed by atoms with Gasteiger partial charge in [-0.15, -0.1) is 0 Å². The summed E-state index contributed by atoms with van der Waals surface area (Å²) in [7, 11) is 0. The maximum atomic E-state index is 14.3. The topological polar surface area (TPSA) is 65.1 Å². The number of benzene rings is 7. The molecule has 6 heteroatoms. The number of nitrogens with zero attached hydrogens (tertiary/aromatic N) is 1. The number of ether oxygens (including phenoxy) is 3. The number of rotatable bonds is 3. The summed E-state index contributed by atoms with van der Waals surface area (Å²) in [4.78, 5) is 30.0. The lowest BCUT2D eigenvalue weighted by molar-refractivity contribution is 0.0526. The molecule has 11 rings (SSSR count). The molecule has 4 aliphatic rings. The molecule has 0 amide bonds. The van der Waals surface area contributed by atoms with Gasteiger partial charge in [-0.3, -0.25) is 0 Å². The monoisotopic (exact) mass is 731 g/mol. The van der Waals surface area contributed by atoms with E-state index >= 15 is 0 Å². The Morgan fingerprint density at radius 1 is 0.714 bits per heavy atom. The summed E-state index contributed by atoms with van der Waals surface area (Å²) in [6, 6.07) is 44.5. The number of fused-ring (bicyclic) bond motifs is 5. The van der Waals surface area contributed by atoms with Gasteiger partial charge in [0, 0.05) is 22.5 Å². The first-order chi connectivity index (χ1) is 27.3. The van der Waals surface area contributed by atoms with Crippen LogP contribution in [-0.4, -0.2) is 18.5 Å². The molecular weight excluding hydrogens is 695 g/mol. The molecule has 2 atom stereocenters. The van der Waals surface area contributed by atoms with Crippen molar-refractivity contribution in [3.05, 3.63) is 174 Å². The maximum Gasteiger partial charge on any atom is 0.343 e. The highest BCUT2D eigenvalue weighted by atomic mass is 16.5. The zero-order valence-corrected chi connectivity index (χ0v) is 31.2. The molecule has 1 aliphatic carbocycles. The maximum absolute atomic E-state index is 14.3. The summed E-state index contributed by atoms with van der Waals surface area (Å²) < 4.78 is 18.9. The van der Waals surface area contributed by atoms with Crippen LogP contribution in [0.2, 0.25) is 0 Å². The minimum absolute atomic E-state index is 0.100.